The van der Waals surface area contributed by atoms with Crippen molar-refractivity contribution in [1.29, 1.82) is 0 Å². The van der Waals surface area contributed by atoms with Crippen molar-refractivity contribution < 1.29 is 4.79 Å². The highest BCUT2D eigenvalue weighted by molar-refractivity contribution is 8.20. The molecule has 0 aromatic heterocycles. The molecular weight excluding hydrogens is 458 g/mol. The van der Waals surface area contributed by atoms with Gasteiger partial charge in [0, 0.05) is 17.0 Å². The summed E-state index contributed by atoms with van der Waals surface area (Å²) in [6.07, 6.45) is 0. The molecule has 1 amide bonds. The zero-order valence-electron chi connectivity index (χ0n) is 17.8. The lowest BCUT2D eigenvalue weighted by Crippen LogP contribution is -2.29. The number of amidine groups is 1. The zero-order chi connectivity index (χ0) is 22.4. The van der Waals surface area contributed by atoms with Crippen LogP contribution in [0.4, 0.5) is 17.1 Å². The van der Waals surface area contributed by atoms with Gasteiger partial charge in [0.25, 0.3) is 5.91 Å². The molecule has 0 atom stereocenters. The molecule has 1 saturated heterocycles. The molecule has 0 saturated carbocycles. The van der Waals surface area contributed by atoms with Crippen LogP contribution < -0.4 is 9.80 Å². The molecule has 0 bridgehead atoms. The van der Waals surface area contributed by atoms with Crippen molar-refractivity contribution in [2.24, 2.45) is 4.99 Å². The van der Waals surface area contributed by atoms with Crippen molar-refractivity contribution >= 4 is 63.3 Å². The number of carbonyl (C=O) groups excluding carboxylic acids is 1. The predicted octanol–water partition coefficient (Wildman–Crippen LogP) is 7.14. The number of para-hydroxylation sites is 1. The third kappa shape index (κ3) is 3.72. The van der Waals surface area contributed by atoms with E-state index in [9.17, 15) is 4.79 Å². The van der Waals surface area contributed by atoms with Crippen molar-refractivity contribution in [3.63, 3.8) is 0 Å². The molecule has 0 aliphatic carbocycles. The highest BCUT2D eigenvalue weighted by Crippen LogP contribution is 2.50. The van der Waals surface area contributed by atoms with E-state index in [2.05, 4.69) is 17.0 Å². The van der Waals surface area contributed by atoms with E-state index in [1.54, 1.807) is 16.7 Å². The highest BCUT2D eigenvalue weighted by Gasteiger charge is 2.40. The van der Waals surface area contributed by atoms with Crippen molar-refractivity contribution in [1.82, 2.24) is 0 Å². The predicted molar refractivity (Wildman–Crippen MR) is 137 cm³/mol. The number of fused-ring (bicyclic) bond motifs is 1. The molecule has 2 aliphatic heterocycles. The van der Waals surface area contributed by atoms with Crippen LogP contribution in [0.3, 0.4) is 0 Å². The van der Waals surface area contributed by atoms with Crippen LogP contribution in [-0.2, 0) is 4.79 Å². The first-order valence-electron chi connectivity index (χ1n) is 10.1. The number of hydrogen-bond acceptors (Lipinski definition) is 5. The average molecular weight is 478 g/mol. The first-order chi connectivity index (χ1) is 15.4. The summed E-state index contributed by atoms with van der Waals surface area (Å²) in [5.74, 6) is -0.0697. The van der Waals surface area contributed by atoms with Crippen LogP contribution in [0.15, 0.2) is 86.6 Å². The molecule has 2 heterocycles. The Balaban J connectivity index is 1.63. The van der Waals surface area contributed by atoms with Crippen LogP contribution in [0.2, 0.25) is 5.02 Å². The van der Waals surface area contributed by atoms with Gasteiger partial charge in [-0.3, -0.25) is 9.69 Å². The normalized spacial score (nSPS) is 19.2. The number of halogens is 1. The van der Waals surface area contributed by atoms with E-state index < -0.39 is 0 Å². The molecule has 32 heavy (non-hydrogen) atoms. The fourth-order valence-corrected chi connectivity index (χ4v) is 6.16. The van der Waals surface area contributed by atoms with Gasteiger partial charge in [0.15, 0.2) is 5.17 Å². The Morgan fingerprint density at radius 1 is 0.938 bits per heavy atom. The number of hydrogen-bond donors (Lipinski definition) is 0. The van der Waals surface area contributed by atoms with Gasteiger partial charge in [-0.1, -0.05) is 53.7 Å². The van der Waals surface area contributed by atoms with E-state index >= 15 is 0 Å². The van der Waals surface area contributed by atoms with E-state index in [1.165, 1.54) is 11.8 Å². The first-order valence-corrected chi connectivity index (χ1v) is 12.1. The van der Waals surface area contributed by atoms with Gasteiger partial charge in [-0.15, -0.1) is 0 Å². The van der Waals surface area contributed by atoms with Gasteiger partial charge < -0.3 is 4.90 Å². The topological polar surface area (TPSA) is 35.9 Å². The lowest BCUT2D eigenvalue weighted by Gasteiger charge is -2.17. The maximum atomic E-state index is 13.7. The van der Waals surface area contributed by atoms with Gasteiger partial charge in [0.1, 0.15) is 4.91 Å². The molecule has 3 aromatic carbocycles. The van der Waals surface area contributed by atoms with Gasteiger partial charge in [0.2, 0.25) is 0 Å². The number of thioether (sulfide) groups is 2. The first kappa shape index (κ1) is 21.2. The van der Waals surface area contributed by atoms with Crippen LogP contribution in [0.25, 0.3) is 0 Å². The molecule has 2 aliphatic rings. The van der Waals surface area contributed by atoms with Crippen molar-refractivity contribution in [2.75, 3.05) is 16.8 Å². The number of nitrogens with zero attached hydrogens (tertiary/aromatic N) is 3. The quantitative estimate of drug-likeness (QED) is 0.367. The minimum atomic E-state index is -0.0697. The highest BCUT2D eigenvalue weighted by atomic mass is 35.5. The largest absolute Gasteiger partial charge is 0.337 e. The standard InChI is InChI=1S/C25H20ClN3OS2/c1-15-7-6-8-18(13-15)29-23(30)22(24-28(3)20-9-4-5-10-21(20)31-24)32-25(29)27-17-12-11-16(2)19(26)14-17/h4-14H,1-3H3. The summed E-state index contributed by atoms with van der Waals surface area (Å²) in [5.41, 5.74) is 4.70. The Bertz CT molecular complexity index is 1320. The van der Waals surface area contributed by atoms with Gasteiger partial charge >= 0.3 is 0 Å². The van der Waals surface area contributed by atoms with Crippen LogP contribution in [0.1, 0.15) is 11.1 Å². The summed E-state index contributed by atoms with van der Waals surface area (Å²) in [6, 6.07) is 21.8. The second-order valence-electron chi connectivity index (χ2n) is 7.67. The van der Waals surface area contributed by atoms with Crippen molar-refractivity contribution in [2.45, 2.75) is 18.7 Å². The Hall–Kier alpha value is -2.67. The number of rotatable bonds is 2. The van der Waals surface area contributed by atoms with Gasteiger partial charge in [0.05, 0.1) is 22.1 Å². The number of benzene rings is 3. The molecule has 0 unspecified atom stereocenters. The van der Waals surface area contributed by atoms with Crippen LogP contribution >= 0.6 is 35.1 Å². The maximum Gasteiger partial charge on any atom is 0.274 e. The molecule has 3 aromatic rings. The van der Waals surface area contributed by atoms with E-state index in [-0.39, 0.29) is 5.91 Å². The summed E-state index contributed by atoms with van der Waals surface area (Å²) in [4.78, 5) is 24.2. The molecule has 0 N–H and O–H groups in total. The summed E-state index contributed by atoms with van der Waals surface area (Å²) < 4.78 is 0. The molecular formula is C25H20ClN3OS2. The van der Waals surface area contributed by atoms with Crippen molar-refractivity contribution in [3.8, 4) is 0 Å². The number of aliphatic imine (C=N–C) groups is 1. The number of carbonyl (C=O) groups is 1. The molecule has 7 heteroatoms. The van der Waals surface area contributed by atoms with E-state index in [0.717, 1.165) is 38.1 Å². The number of aryl methyl sites for hydroxylation is 2. The monoisotopic (exact) mass is 477 g/mol. The third-order valence-corrected chi connectivity index (χ3v) is 8.16. The lowest BCUT2D eigenvalue weighted by atomic mass is 10.2. The van der Waals surface area contributed by atoms with Gasteiger partial charge in [-0.25, -0.2) is 4.99 Å². The second-order valence-corrected chi connectivity index (χ2v) is 10.1. The smallest absolute Gasteiger partial charge is 0.274 e. The van der Waals surface area contributed by atoms with Gasteiger partial charge in [-0.2, -0.15) is 0 Å². The summed E-state index contributed by atoms with van der Waals surface area (Å²) in [7, 11) is 2.00. The lowest BCUT2D eigenvalue weighted by molar-refractivity contribution is -0.113. The third-order valence-electron chi connectivity index (χ3n) is 5.35. The Kier molecular flexibility index (Phi) is 5.53. The Morgan fingerprint density at radius 2 is 1.75 bits per heavy atom. The molecule has 5 rings (SSSR count). The van der Waals surface area contributed by atoms with E-state index in [4.69, 9.17) is 16.6 Å². The number of anilines is 2. The maximum absolute atomic E-state index is 13.7. The molecule has 4 nitrogen and oxygen atoms in total. The van der Waals surface area contributed by atoms with E-state index in [1.807, 2.05) is 75.5 Å². The molecule has 0 spiro atoms. The number of amides is 1. The SMILES string of the molecule is Cc1cccc(N2C(=O)C(=C3Sc4ccccc4N3C)SC2=Nc2ccc(C)c(Cl)c2)c1. The fraction of sp³-hybridized carbons (Fsp3) is 0.120. The second kappa shape index (κ2) is 8.35. The van der Waals surface area contributed by atoms with Crippen LogP contribution in [0, 0.1) is 13.8 Å². The van der Waals surface area contributed by atoms with Crippen molar-refractivity contribution in [3.05, 3.63) is 92.8 Å². The Labute approximate surface area is 201 Å². The molecule has 160 valence electrons. The Morgan fingerprint density at radius 3 is 2.50 bits per heavy atom. The minimum Gasteiger partial charge on any atom is -0.337 e. The fourth-order valence-electron chi connectivity index (χ4n) is 3.63. The molecule has 0 radical (unpaired) electrons. The van der Waals surface area contributed by atoms with E-state index in [0.29, 0.717) is 15.1 Å². The summed E-state index contributed by atoms with van der Waals surface area (Å²) in [5, 5.41) is 2.20. The van der Waals surface area contributed by atoms with Crippen LogP contribution in [0.5, 0.6) is 0 Å². The zero-order valence-corrected chi connectivity index (χ0v) is 20.2. The minimum absolute atomic E-state index is 0.0697. The molecule has 1 fully saturated rings. The van der Waals surface area contributed by atoms with Crippen LogP contribution in [-0.4, -0.2) is 18.1 Å². The summed E-state index contributed by atoms with van der Waals surface area (Å²) >= 11 is 9.35. The van der Waals surface area contributed by atoms with Gasteiger partial charge in [-0.05, 0) is 73.1 Å². The summed E-state index contributed by atoms with van der Waals surface area (Å²) in [6.45, 7) is 3.98. The average Bonchev–Trinajstić information content (AvgIpc) is 3.27.